The van der Waals surface area contributed by atoms with Crippen LogP contribution in [0.1, 0.15) is 60.2 Å². The number of nitrogens with zero attached hydrogens (tertiary/aromatic N) is 2. The number of primary amides is 1. The Morgan fingerprint density at radius 3 is 2.17 bits per heavy atom. The largest absolute Gasteiger partial charge is 0.366 e. The molecule has 1 aromatic carbocycles. The molecule has 182 valence electrons. The van der Waals surface area contributed by atoms with E-state index in [9.17, 15) is 19.2 Å². The normalized spacial score (nSPS) is 31.3. The molecule has 1 atom stereocenters. The number of benzene rings is 1. The lowest BCUT2D eigenvalue weighted by Gasteiger charge is -2.56. The first kappa shape index (κ1) is 22.5. The van der Waals surface area contributed by atoms with Crippen molar-refractivity contribution in [1.82, 2.24) is 4.90 Å². The van der Waals surface area contributed by atoms with Gasteiger partial charge in [0.2, 0.25) is 17.7 Å². The van der Waals surface area contributed by atoms with Gasteiger partial charge in [0.05, 0.1) is 24.1 Å². The highest BCUT2D eigenvalue weighted by molar-refractivity contribution is 7.09. The van der Waals surface area contributed by atoms with Crippen molar-refractivity contribution in [1.29, 1.82) is 0 Å². The van der Waals surface area contributed by atoms with Gasteiger partial charge in [0.15, 0.2) is 0 Å². The molecule has 4 bridgehead atoms. The number of thiophene rings is 1. The molecule has 5 fully saturated rings. The molecular weight excluding hydrogens is 462 g/mol. The average Bonchev–Trinajstić information content (AvgIpc) is 3.43. The minimum Gasteiger partial charge on any atom is -0.366 e. The summed E-state index contributed by atoms with van der Waals surface area (Å²) in [5, 5.41) is 1.97. The van der Waals surface area contributed by atoms with Crippen LogP contribution in [-0.4, -0.2) is 34.6 Å². The zero-order valence-corrected chi connectivity index (χ0v) is 20.3. The van der Waals surface area contributed by atoms with E-state index < -0.39 is 17.4 Å². The molecule has 7 rings (SSSR count). The van der Waals surface area contributed by atoms with Crippen molar-refractivity contribution in [3.63, 3.8) is 0 Å². The van der Waals surface area contributed by atoms with Crippen LogP contribution in [0, 0.1) is 23.2 Å². The molecule has 4 saturated carbocycles. The van der Waals surface area contributed by atoms with Gasteiger partial charge in [-0.15, -0.1) is 11.3 Å². The molecule has 2 aromatic rings. The molecule has 7 nitrogen and oxygen atoms in total. The molecule has 35 heavy (non-hydrogen) atoms. The second-order valence-corrected chi connectivity index (χ2v) is 11.9. The van der Waals surface area contributed by atoms with Crippen LogP contribution in [0.5, 0.6) is 0 Å². The topological polar surface area (TPSA) is 101 Å². The summed E-state index contributed by atoms with van der Waals surface area (Å²) in [6.45, 7) is 0.344. The quantitative estimate of drug-likeness (QED) is 0.622. The second kappa shape index (κ2) is 8.29. The third-order valence-corrected chi connectivity index (χ3v) is 9.43. The van der Waals surface area contributed by atoms with Crippen LogP contribution >= 0.6 is 11.3 Å². The van der Waals surface area contributed by atoms with E-state index >= 15 is 0 Å². The number of hydrogen-bond acceptors (Lipinski definition) is 5. The summed E-state index contributed by atoms with van der Waals surface area (Å²) in [5.41, 5.74) is 5.63. The first-order chi connectivity index (χ1) is 16.8. The van der Waals surface area contributed by atoms with Gasteiger partial charge in [0, 0.05) is 10.4 Å². The molecule has 2 heterocycles. The van der Waals surface area contributed by atoms with Crippen molar-refractivity contribution in [3.05, 3.63) is 52.2 Å². The minimum atomic E-state index is -0.819. The molecule has 1 unspecified atom stereocenters. The lowest BCUT2D eigenvalue weighted by Crippen LogP contribution is -2.57. The van der Waals surface area contributed by atoms with Crippen molar-refractivity contribution < 1.29 is 19.2 Å². The Bertz CT molecular complexity index is 1150. The number of anilines is 1. The Morgan fingerprint density at radius 1 is 1.00 bits per heavy atom. The number of carbonyl (C=O) groups excluding carboxylic acids is 4. The van der Waals surface area contributed by atoms with Crippen molar-refractivity contribution in [2.45, 2.75) is 57.5 Å². The highest BCUT2D eigenvalue weighted by Gasteiger charge is 2.57. The third kappa shape index (κ3) is 3.78. The summed E-state index contributed by atoms with van der Waals surface area (Å²) in [6.07, 6.45) is 6.39. The predicted molar refractivity (Wildman–Crippen MR) is 131 cm³/mol. The first-order valence-electron chi connectivity index (χ1n) is 12.4. The number of carbonyl (C=O) groups is 4. The van der Waals surface area contributed by atoms with Gasteiger partial charge in [0.1, 0.15) is 6.04 Å². The lowest BCUT2D eigenvalue weighted by atomic mass is 9.49. The van der Waals surface area contributed by atoms with Crippen LogP contribution < -0.4 is 10.6 Å². The molecule has 0 radical (unpaired) electrons. The summed E-state index contributed by atoms with van der Waals surface area (Å²) in [5.74, 6) is 0.594. The predicted octanol–water partition coefficient (Wildman–Crippen LogP) is 3.72. The van der Waals surface area contributed by atoms with Crippen molar-refractivity contribution in [3.8, 4) is 0 Å². The number of amides is 4. The molecule has 2 N–H and O–H groups in total. The summed E-state index contributed by atoms with van der Waals surface area (Å²) in [7, 11) is 0. The molecule has 5 aliphatic rings. The van der Waals surface area contributed by atoms with Crippen molar-refractivity contribution >= 4 is 40.7 Å². The lowest BCUT2D eigenvalue weighted by molar-refractivity contribution is -0.162. The third-order valence-electron chi connectivity index (χ3n) is 8.57. The average molecular weight is 492 g/mol. The standard InChI is InChI=1S/C27H29N3O4S/c28-24(32)19-3-5-20(6-4-19)30-23(31)11-22(25(30)33)29(15-21-2-1-7-35-21)26(34)27-12-16-8-17(13-27)10-18(9-16)14-27/h1-7,16-18,22H,8-15H2,(H2,28,32). The monoisotopic (exact) mass is 491 g/mol. The van der Waals surface area contributed by atoms with Crippen LogP contribution in [0.2, 0.25) is 0 Å². The Hall–Kier alpha value is -3.00. The molecule has 1 saturated heterocycles. The smallest absolute Gasteiger partial charge is 0.257 e. The van der Waals surface area contributed by atoms with E-state index in [2.05, 4.69) is 0 Å². The van der Waals surface area contributed by atoms with Gasteiger partial charge in [-0.3, -0.25) is 19.2 Å². The highest BCUT2D eigenvalue weighted by Crippen LogP contribution is 2.60. The van der Waals surface area contributed by atoms with E-state index in [-0.39, 0.29) is 24.1 Å². The molecule has 1 aliphatic heterocycles. The molecule has 8 heteroatoms. The molecular formula is C27H29N3O4S. The van der Waals surface area contributed by atoms with Crippen LogP contribution in [0.3, 0.4) is 0 Å². The van der Waals surface area contributed by atoms with Gasteiger partial charge in [0.25, 0.3) is 5.91 Å². The van der Waals surface area contributed by atoms with Crippen LogP contribution in [0.25, 0.3) is 0 Å². The first-order valence-corrected chi connectivity index (χ1v) is 13.3. The zero-order valence-electron chi connectivity index (χ0n) is 19.5. The van der Waals surface area contributed by atoms with Gasteiger partial charge < -0.3 is 10.6 Å². The summed E-state index contributed by atoms with van der Waals surface area (Å²) in [4.78, 5) is 56.4. The fourth-order valence-corrected chi connectivity index (χ4v) is 8.18. The number of imide groups is 1. The van der Waals surface area contributed by atoms with Crippen LogP contribution in [-0.2, 0) is 20.9 Å². The summed E-state index contributed by atoms with van der Waals surface area (Å²) >= 11 is 1.56. The van der Waals surface area contributed by atoms with Crippen molar-refractivity contribution in [2.24, 2.45) is 28.9 Å². The van der Waals surface area contributed by atoms with E-state index in [0.29, 0.717) is 35.5 Å². The fourth-order valence-electron chi connectivity index (χ4n) is 7.48. The molecule has 4 aliphatic carbocycles. The van der Waals surface area contributed by atoms with E-state index in [4.69, 9.17) is 5.73 Å². The Kier molecular flexibility index (Phi) is 5.32. The zero-order chi connectivity index (χ0) is 24.3. The van der Waals surface area contributed by atoms with Crippen LogP contribution in [0.15, 0.2) is 41.8 Å². The van der Waals surface area contributed by atoms with Gasteiger partial charge in [-0.1, -0.05) is 6.07 Å². The van der Waals surface area contributed by atoms with Gasteiger partial charge in [-0.25, -0.2) is 4.90 Å². The van der Waals surface area contributed by atoms with E-state index in [1.165, 1.54) is 31.4 Å². The highest BCUT2D eigenvalue weighted by atomic mass is 32.1. The maximum absolute atomic E-state index is 14.3. The molecule has 0 spiro atoms. The van der Waals surface area contributed by atoms with Gasteiger partial charge in [-0.2, -0.15) is 0 Å². The Morgan fingerprint density at radius 2 is 1.63 bits per heavy atom. The number of rotatable bonds is 6. The molecule has 1 aromatic heterocycles. The van der Waals surface area contributed by atoms with Crippen molar-refractivity contribution in [2.75, 3.05) is 4.90 Å². The van der Waals surface area contributed by atoms with E-state index in [0.717, 1.165) is 29.0 Å². The maximum Gasteiger partial charge on any atom is 0.257 e. The maximum atomic E-state index is 14.3. The minimum absolute atomic E-state index is 0.0279. The van der Waals surface area contributed by atoms with Crippen LogP contribution in [0.4, 0.5) is 5.69 Å². The van der Waals surface area contributed by atoms with Gasteiger partial charge in [-0.05, 0) is 92.0 Å². The molecule has 4 amide bonds. The Balaban J connectivity index is 1.31. The SMILES string of the molecule is NC(=O)c1ccc(N2C(=O)CC(N(Cc3cccs3)C(=O)C34CC5CC(CC(C5)C3)C4)C2=O)cc1. The summed E-state index contributed by atoms with van der Waals surface area (Å²) in [6, 6.07) is 9.24. The van der Waals surface area contributed by atoms with E-state index in [1.54, 1.807) is 28.4 Å². The number of nitrogens with two attached hydrogens (primary N) is 1. The fraction of sp³-hybridized carbons (Fsp3) is 0.481. The van der Waals surface area contributed by atoms with Gasteiger partial charge >= 0.3 is 0 Å². The second-order valence-electron chi connectivity index (χ2n) is 10.9. The summed E-state index contributed by atoms with van der Waals surface area (Å²) < 4.78 is 0. The van der Waals surface area contributed by atoms with E-state index in [1.807, 2.05) is 17.5 Å². The number of hydrogen-bond donors (Lipinski definition) is 1. The Labute approximate surface area is 208 Å².